The van der Waals surface area contributed by atoms with Crippen LogP contribution in [0.4, 0.5) is 79.0 Å². The van der Waals surface area contributed by atoms with Crippen LogP contribution in [0, 0.1) is 105 Å². The van der Waals surface area contributed by atoms with E-state index >= 15 is 70.2 Å². The molecule has 6 aliphatic rings. The van der Waals surface area contributed by atoms with Crippen LogP contribution in [0.5, 0.6) is 0 Å². The Morgan fingerprint density at radius 3 is 1.08 bits per heavy atom. The van der Waals surface area contributed by atoms with E-state index in [1.165, 1.54) is 0 Å². The molecule has 11 rings (SSSR count). The molecule has 0 radical (unpaired) electrons. The smallest absolute Gasteiger partial charge is 0.200 e. The predicted octanol–water partition coefficient (Wildman–Crippen LogP) is 8.06. The molecular formula is C56H32F18N4O10S2. The van der Waals surface area contributed by atoms with Crippen LogP contribution < -0.4 is 0 Å². The molecule has 9 N–H and O–H groups in total. The summed E-state index contributed by atoms with van der Waals surface area (Å²) in [6, 6.07) is 1.25. The fourth-order valence-corrected chi connectivity index (χ4v) is 12.7. The van der Waals surface area contributed by atoms with E-state index in [2.05, 4.69) is 20.0 Å². The van der Waals surface area contributed by atoms with Crippen molar-refractivity contribution in [1.82, 2.24) is 4.98 Å². The Labute approximate surface area is 497 Å². The first kappa shape index (κ1) is 64.2. The summed E-state index contributed by atoms with van der Waals surface area (Å²) in [6.45, 7) is -2.20. The fourth-order valence-electron chi connectivity index (χ4n) is 10.4. The first-order chi connectivity index (χ1) is 42.6. The Balaban J connectivity index is 1.20. The Morgan fingerprint density at radius 2 is 0.689 bits per heavy atom. The molecule has 474 valence electrons. The summed E-state index contributed by atoms with van der Waals surface area (Å²) in [5.74, 6) is -48.7. The number of rotatable bonds is 10. The zero-order valence-corrected chi connectivity index (χ0v) is 45.4. The lowest BCUT2D eigenvalue weighted by molar-refractivity contribution is -0.205. The van der Waals surface area contributed by atoms with Gasteiger partial charge in [0, 0.05) is 33.7 Å². The quantitative estimate of drug-likeness (QED) is 0.0367. The van der Waals surface area contributed by atoms with Crippen molar-refractivity contribution in [3.05, 3.63) is 204 Å². The first-order valence-corrected chi connectivity index (χ1v) is 27.2. The maximum absolute atomic E-state index is 17.1. The van der Waals surface area contributed by atoms with E-state index in [0.29, 0.717) is 48.6 Å². The van der Waals surface area contributed by atoms with Gasteiger partial charge in [-0.15, -0.1) is 0 Å². The lowest BCUT2D eigenvalue weighted by Crippen LogP contribution is -2.57. The molecule has 1 unspecified atom stereocenters. The number of hydrogen-bond donors (Lipinski definition) is 9. The molecule has 14 nitrogen and oxygen atoms in total. The topological polar surface area (TPSA) is 233 Å². The van der Waals surface area contributed by atoms with Crippen molar-refractivity contribution in [1.29, 1.82) is 0 Å². The Kier molecular flexibility index (Phi) is 17.1. The summed E-state index contributed by atoms with van der Waals surface area (Å²) in [7, 11) is 0. The maximum atomic E-state index is 17.1. The molecule has 34 heteroatoms. The number of H-pyrrole nitrogens is 1. The van der Waals surface area contributed by atoms with Crippen LogP contribution in [0.2, 0.25) is 0 Å². The van der Waals surface area contributed by atoms with Crippen LogP contribution in [0.1, 0.15) is 39.6 Å². The summed E-state index contributed by atoms with van der Waals surface area (Å²) in [6.07, 6.45) is -13.1. The normalized spacial score (nSPS) is 28.2. The van der Waals surface area contributed by atoms with Crippen molar-refractivity contribution in [2.45, 2.75) is 75.4 Å². The van der Waals surface area contributed by atoms with Gasteiger partial charge < -0.3 is 55.3 Å². The molecule has 0 amide bonds. The number of nitrogens with one attached hydrogen (secondary N) is 1. The molecule has 0 aliphatic carbocycles. The molecule has 2 saturated heterocycles. The van der Waals surface area contributed by atoms with Crippen molar-refractivity contribution < 1.29 is 129 Å². The highest BCUT2D eigenvalue weighted by Crippen LogP contribution is 2.48. The predicted molar refractivity (Wildman–Crippen MR) is 276 cm³/mol. The van der Waals surface area contributed by atoms with Gasteiger partial charge in [0.05, 0.1) is 79.8 Å². The second-order valence-electron chi connectivity index (χ2n) is 20.0. The summed E-state index contributed by atoms with van der Waals surface area (Å²) >= 11 is -0.688. The number of fused-ring (bicyclic) bond motifs is 5. The van der Waals surface area contributed by atoms with Gasteiger partial charge in [-0.05, 0) is 48.6 Å². The average Bonchev–Trinajstić information content (AvgIpc) is 1.37. The number of aliphatic imine (C=N–C) groups is 3. The second-order valence-corrected chi connectivity index (χ2v) is 22.3. The summed E-state index contributed by atoms with van der Waals surface area (Å²) in [5, 5.41) is 81.6. The Morgan fingerprint density at radius 1 is 0.367 bits per heavy atom. The molecule has 5 aromatic rings. The van der Waals surface area contributed by atoms with Crippen LogP contribution in [0.15, 0.2) is 90.4 Å². The highest BCUT2D eigenvalue weighted by Gasteiger charge is 2.48. The molecule has 0 spiro atoms. The molecule has 4 aromatic carbocycles. The molecular weight excluding hydrogens is 1290 g/mol. The number of hydrogen-bond acceptors (Lipinski definition) is 15. The van der Waals surface area contributed by atoms with Crippen molar-refractivity contribution >= 4 is 57.4 Å². The molecule has 7 heterocycles. The van der Waals surface area contributed by atoms with Gasteiger partial charge in [-0.2, -0.15) is 0 Å². The van der Waals surface area contributed by atoms with Crippen molar-refractivity contribution in [2.24, 2.45) is 15.0 Å². The highest BCUT2D eigenvalue weighted by molar-refractivity contribution is 8.00. The summed E-state index contributed by atoms with van der Waals surface area (Å²) in [4.78, 5) is 11.2. The fraction of sp³-hybridized carbons (Fsp3) is 0.232. The third-order valence-corrected chi connectivity index (χ3v) is 17.3. The third kappa shape index (κ3) is 10.1. The zero-order chi connectivity index (χ0) is 65.3. The minimum atomic E-state index is -2.76. The van der Waals surface area contributed by atoms with Gasteiger partial charge in [-0.1, -0.05) is 23.5 Å². The molecule has 6 aliphatic heterocycles. The van der Waals surface area contributed by atoms with E-state index in [1.807, 2.05) is 0 Å². The van der Waals surface area contributed by atoms with Gasteiger partial charge in [-0.3, -0.25) is 9.98 Å². The molecule has 2 fully saturated rings. The minimum absolute atomic E-state index is 0.342. The monoisotopic (exact) mass is 1330 g/mol. The van der Waals surface area contributed by atoms with E-state index in [-0.39, 0.29) is 23.5 Å². The number of benzene rings is 4. The summed E-state index contributed by atoms with van der Waals surface area (Å²) in [5.41, 5.74) is -24.1. The largest absolute Gasteiger partial charge is 0.394 e. The third-order valence-electron chi connectivity index (χ3n) is 14.9. The van der Waals surface area contributed by atoms with Gasteiger partial charge in [0.1, 0.15) is 59.7 Å². The van der Waals surface area contributed by atoms with E-state index in [4.69, 9.17) is 9.47 Å². The molecule has 90 heavy (non-hydrogen) atoms. The van der Waals surface area contributed by atoms with Gasteiger partial charge in [0.25, 0.3) is 0 Å². The van der Waals surface area contributed by atoms with Gasteiger partial charge >= 0.3 is 0 Å². The van der Waals surface area contributed by atoms with Crippen LogP contribution in [-0.2, 0) is 9.47 Å². The maximum Gasteiger partial charge on any atom is 0.200 e. The van der Waals surface area contributed by atoms with Crippen LogP contribution >= 0.6 is 23.5 Å². The zero-order valence-electron chi connectivity index (χ0n) is 43.7. The number of ether oxygens (including phenoxy) is 2. The van der Waals surface area contributed by atoms with Gasteiger partial charge in [-0.25, -0.2) is 84.0 Å². The van der Waals surface area contributed by atoms with Crippen molar-refractivity contribution in [3.63, 3.8) is 0 Å². The number of allylic oxidation sites excluding steroid dienone is 7. The second kappa shape index (κ2) is 24.0. The van der Waals surface area contributed by atoms with Crippen LogP contribution in [0.25, 0.3) is 16.7 Å². The number of halogens is 18. The van der Waals surface area contributed by atoms with E-state index in [1.54, 1.807) is 0 Å². The number of aliphatic hydroxyl groups excluding tert-OH is 8. The van der Waals surface area contributed by atoms with Gasteiger partial charge in [0.2, 0.25) is 11.6 Å². The number of aromatic amines is 1. The van der Waals surface area contributed by atoms with E-state index in [0.717, 1.165) is 0 Å². The number of aromatic nitrogens is 1. The lowest BCUT2D eigenvalue weighted by Gasteiger charge is -2.39. The lowest BCUT2D eigenvalue weighted by atomic mass is 9.88. The molecule has 1 aromatic heterocycles. The Hall–Kier alpha value is -7.35. The standard InChI is InChI=1S/C56H32F18N4O10S2/c57-29-25(30(58)38(66)41(69)37(29)65)21-11-1-5-15(75-11)23(27-33(61)43(71)53(44(72)34(27)62)89-55-51(85)49(83)47(81)19(9-79)87-55)16-7-3-13(77-16)22(26-31(59)39(67)42(70)40(68)32(26)60)14-4-8-18(78-14)24(17-6-2-12(21)76-17)28-35(63)45(73)54(46(74)36(28)64)90-56-52(86)50(84)48(82)20(10-80)88-56/h1-8,19-21,47-52,55-56,77,79-86H,9-10H2/b22-14+,23-15+,24-17+/t19-,20-,21?,47-,48-,49+,50+,51-,52-,55+,56+/m1/s1. The average molecular weight is 1330 g/mol. The number of thioether (sulfide) groups is 2. The Bertz CT molecular complexity index is 4130. The SMILES string of the molecule is OC[C@H]1O[C@@H](Sc2c(F)c(F)c(/C3=C4\C=CC(=N4)C(c4c(F)c(F)c(F)c(F)c4F)C4=N/C(=C(/c5c(F)c(F)c(S[C@@H]6O[C@H](CO)[C@@H](O)[C@H](O)[C@H]6O)c(F)c5F)c5ccc([nH]5)/C(c5c(F)c(F)c(F)c(F)c5F)=C5/C=CC3=N5)C=C4)c(F)c2F)[C@H](O)[C@@H](O)[C@@H]1O. The summed E-state index contributed by atoms with van der Waals surface area (Å²) < 4.78 is 301. The minimum Gasteiger partial charge on any atom is -0.394 e. The van der Waals surface area contributed by atoms with Crippen LogP contribution in [0.3, 0.4) is 0 Å². The van der Waals surface area contributed by atoms with Crippen molar-refractivity contribution in [3.8, 4) is 0 Å². The van der Waals surface area contributed by atoms with Crippen LogP contribution in [-0.4, -0.2) is 136 Å². The number of nitrogens with zero attached hydrogens (tertiary/aromatic N) is 3. The molecule has 11 atom stereocenters. The molecule has 8 bridgehead atoms. The number of aliphatic hydroxyl groups is 8. The van der Waals surface area contributed by atoms with Gasteiger partial charge in [0.15, 0.2) is 93.1 Å². The first-order valence-electron chi connectivity index (χ1n) is 25.5. The molecule has 0 saturated carbocycles. The van der Waals surface area contributed by atoms with E-state index in [9.17, 15) is 49.6 Å². The van der Waals surface area contributed by atoms with E-state index < -0.39 is 278 Å². The van der Waals surface area contributed by atoms with Crippen molar-refractivity contribution in [2.75, 3.05) is 13.2 Å². The highest BCUT2D eigenvalue weighted by atomic mass is 32.2.